The van der Waals surface area contributed by atoms with Gasteiger partial charge in [-0.05, 0) is 12.3 Å². The number of nitro groups is 3. The predicted octanol–water partition coefficient (Wildman–Crippen LogP) is 1.94. The summed E-state index contributed by atoms with van der Waals surface area (Å²) in [6.07, 6.45) is 2.54. The molecule has 1 aromatic carbocycles. The highest BCUT2D eigenvalue weighted by molar-refractivity contribution is 5.73. The molecule has 0 aliphatic rings. The van der Waals surface area contributed by atoms with Crippen molar-refractivity contribution in [2.45, 2.75) is 0 Å². The highest BCUT2D eigenvalue weighted by Crippen LogP contribution is 2.34. The number of nitrogens with zero attached hydrogens (tertiary/aromatic N) is 4. The second-order valence-electron chi connectivity index (χ2n) is 3.95. The van der Waals surface area contributed by atoms with Crippen LogP contribution in [-0.4, -0.2) is 33.8 Å². The molecule has 0 aromatic heterocycles. The summed E-state index contributed by atoms with van der Waals surface area (Å²) in [6.45, 7) is 0. The third-order valence-electron chi connectivity index (χ3n) is 2.26. The fraction of sp³-hybridized carbons (Fsp3) is 0.200. The van der Waals surface area contributed by atoms with Crippen LogP contribution in [0.25, 0.3) is 6.08 Å². The van der Waals surface area contributed by atoms with Crippen molar-refractivity contribution in [2.75, 3.05) is 14.1 Å². The Balaban J connectivity index is 3.63. The van der Waals surface area contributed by atoms with E-state index in [-0.39, 0.29) is 5.56 Å². The third-order valence-corrected chi connectivity index (χ3v) is 2.26. The molecule has 0 spiro atoms. The van der Waals surface area contributed by atoms with Crippen molar-refractivity contribution in [3.63, 3.8) is 0 Å². The third kappa shape index (κ3) is 3.25. The first-order valence-corrected chi connectivity index (χ1v) is 5.20. The van der Waals surface area contributed by atoms with Crippen molar-refractivity contribution in [1.29, 1.82) is 0 Å². The molecule has 0 bridgehead atoms. The predicted molar refractivity (Wildman–Crippen MR) is 69.1 cm³/mol. The number of hydrogen-bond acceptors (Lipinski definition) is 7. The van der Waals surface area contributed by atoms with E-state index in [2.05, 4.69) is 0 Å². The molecule has 0 aliphatic carbocycles. The second-order valence-corrected chi connectivity index (χ2v) is 3.95. The number of nitro benzene ring substituents is 3. The van der Waals surface area contributed by atoms with Crippen molar-refractivity contribution in [2.24, 2.45) is 0 Å². The number of non-ortho nitro benzene ring substituents is 1. The summed E-state index contributed by atoms with van der Waals surface area (Å²) in [5, 5.41) is 32.5. The van der Waals surface area contributed by atoms with Crippen LogP contribution in [-0.2, 0) is 0 Å². The summed E-state index contributed by atoms with van der Waals surface area (Å²) in [7, 11) is 3.25. The smallest absolute Gasteiger partial charge is 0.290 e. The molecule has 0 fully saturated rings. The van der Waals surface area contributed by atoms with Crippen molar-refractivity contribution >= 4 is 23.1 Å². The molecule has 0 heterocycles. The van der Waals surface area contributed by atoms with Crippen molar-refractivity contribution in [3.8, 4) is 0 Å². The van der Waals surface area contributed by atoms with Crippen LogP contribution in [0.1, 0.15) is 5.56 Å². The number of hydrogen-bond donors (Lipinski definition) is 0. The molecular weight excluding hydrogens is 272 g/mol. The standard InChI is InChI=1S/C10H10N4O6/c1-11(2)4-3-8-9(13(17)18)5-7(12(15)16)6-10(8)14(19)20/h3-6H,1-2H3. The summed E-state index contributed by atoms with van der Waals surface area (Å²) in [5.74, 6) is 0. The Morgan fingerprint density at radius 1 is 0.950 bits per heavy atom. The zero-order chi connectivity index (χ0) is 15.4. The van der Waals surface area contributed by atoms with Crippen LogP contribution < -0.4 is 0 Å². The Bertz CT molecular complexity index is 575. The normalized spacial score (nSPS) is 10.5. The monoisotopic (exact) mass is 282 g/mol. The van der Waals surface area contributed by atoms with Gasteiger partial charge >= 0.3 is 0 Å². The van der Waals surface area contributed by atoms with Gasteiger partial charge in [0.1, 0.15) is 5.56 Å². The molecule has 0 radical (unpaired) electrons. The Morgan fingerprint density at radius 2 is 1.40 bits per heavy atom. The van der Waals surface area contributed by atoms with Gasteiger partial charge in [0.05, 0.1) is 26.9 Å². The molecule has 0 saturated carbocycles. The minimum atomic E-state index is -0.917. The fourth-order valence-electron chi connectivity index (χ4n) is 1.41. The van der Waals surface area contributed by atoms with E-state index in [4.69, 9.17) is 0 Å². The first-order chi connectivity index (χ1) is 9.23. The SMILES string of the molecule is CN(C)C=Cc1c([N+](=O)[O-])cc([N+](=O)[O-])cc1[N+](=O)[O-]. The molecular formula is C10H10N4O6. The van der Waals surface area contributed by atoms with Crippen LogP contribution in [0.2, 0.25) is 0 Å². The summed E-state index contributed by atoms with van der Waals surface area (Å²) < 4.78 is 0. The minimum absolute atomic E-state index is 0.292. The maximum Gasteiger partial charge on any atom is 0.290 e. The van der Waals surface area contributed by atoms with Crippen LogP contribution in [0.4, 0.5) is 17.1 Å². The molecule has 0 amide bonds. The highest BCUT2D eigenvalue weighted by Gasteiger charge is 2.28. The Kier molecular flexibility index (Phi) is 4.31. The van der Waals surface area contributed by atoms with Crippen LogP contribution >= 0.6 is 0 Å². The summed E-state index contributed by atoms with van der Waals surface area (Å²) >= 11 is 0. The van der Waals surface area contributed by atoms with E-state index in [1.807, 2.05) is 0 Å². The number of rotatable bonds is 5. The van der Waals surface area contributed by atoms with Crippen LogP contribution in [0.5, 0.6) is 0 Å². The van der Waals surface area contributed by atoms with E-state index in [1.165, 1.54) is 17.2 Å². The molecule has 106 valence electrons. The van der Waals surface area contributed by atoms with E-state index < -0.39 is 31.8 Å². The van der Waals surface area contributed by atoms with Gasteiger partial charge in [-0.1, -0.05) is 0 Å². The average Bonchev–Trinajstić information content (AvgIpc) is 2.34. The van der Waals surface area contributed by atoms with Gasteiger partial charge < -0.3 is 4.90 Å². The van der Waals surface area contributed by atoms with Gasteiger partial charge in [-0.2, -0.15) is 0 Å². The van der Waals surface area contributed by atoms with E-state index in [1.54, 1.807) is 14.1 Å². The first-order valence-electron chi connectivity index (χ1n) is 5.20. The Hall–Kier alpha value is -3.04. The highest BCUT2D eigenvalue weighted by atomic mass is 16.6. The first kappa shape index (κ1) is 15.0. The molecule has 0 unspecified atom stereocenters. The van der Waals surface area contributed by atoms with E-state index in [0.717, 1.165) is 0 Å². The molecule has 0 N–H and O–H groups in total. The molecule has 0 atom stereocenters. The van der Waals surface area contributed by atoms with Gasteiger partial charge in [-0.25, -0.2) is 0 Å². The van der Waals surface area contributed by atoms with Gasteiger partial charge in [0.15, 0.2) is 0 Å². The Morgan fingerprint density at radius 3 is 1.70 bits per heavy atom. The van der Waals surface area contributed by atoms with Crippen LogP contribution in [0.3, 0.4) is 0 Å². The molecule has 10 heteroatoms. The largest absolute Gasteiger partial charge is 0.383 e. The van der Waals surface area contributed by atoms with Crippen LogP contribution in [0.15, 0.2) is 18.3 Å². The van der Waals surface area contributed by atoms with Crippen LogP contribution in [0, 0.1) is 30.3 Å². The lowest BCUT2D eigenvalue weighted by atomic mass is 10.1. The zero-order valence-corrected chi connectivity index (χ0v) is 10.5. The maximum atomic E-state index is 10.9. The lowest BCUT2D eigenvalue weighted by molar-refractivity contribution is -0.403. The molecule has 0 saturated heterocycles. The zero-order valence-electron chi connectivity index (χ0n) is 10.5. The van der Waals surface area contributed by atoms with E-state index in [0.29, 0.717) is 12.1 Å². The van der Waals surface area contributed by atoms with Gasteiger partial charge in [0.25, 0.3) is 17.1 Å². The van der Waals surface area contributed by atoms with Crippen molar-refractivity contribution < 1.29 is 14.8 Å². The molecule has 10 nitrogen and oxygen atoms in total. The fourth-order valence-corrected chi connectivity index (χ4v) is 1.41. The molecule has 1 rings (SSSR count). The lowest BCUT2D eigenvalue weighted by Gasteiger charge is -2.04. The van der Waals surface area contributed by atoms with Crippen molar-refractivity contribution in [1.82, 2.24) is 4.90 Å². The average molecular weight is 282 g/mol. The topological polar surface area (TPSA) is 133 Å². The summed E-state index contributed by atoms with van der Waals surface area (Å²) in [5.41, 5.74) is -2.38. The lowest BCUT2D eigenvalue weighted by Crippen LogP contribution is -2.03. The van der Waals surface area contributed by atoms with E-state index >= 15 is 0 Å². The van der Waals surface area contributed by atoms with Crippen molar-refractivity contribution in [3.05, 3.63) is 54.2 Å². The maximum absolute atomic E-state index is 10.9. The van der Waals surface area contributed by atoms with Gasteiger partial charge in [-0.15, -0.1) is 0 Å². The van der Waals surface area contributed by atoms with Gasteiger partial charge in [0.2, 0.25) is 0 Å². The molecule has 20 heavy (non-hydrogen) atoms. The Labute approximate surface area is 112 Å². The minimum Gasteiger partial charge on any atom is -0.383 e. The van der Waals surface area contributed by atoms with E-state index in [9.17, 15) is 30.3 Å². The summed E-state index contributed by atoms with van der Waals surface area (Å²) in [4.78, 5) is 31.3. The second kappa shape index (κ2) is 5.73. The number of benzene rings is 1. The quantitative estimate of drug-likeness (QED) is 0.595. The summed E-state index contributed by atoms with van der Waals surface area (Å²) in [6, 6.07) is 1.39. The molecule has 0 aliphatic heterocycles. The van der Waals surface area contributed by atoms with Gasteiger partial charge in [-0.3, -0.25) is 30.3 Å². The van der Waals surface area contributed by atoms with Gasteiger partial charge in [0, 0.05) is 14.1 Å². The molecule has 1 aromatic rings.